The van der Waals surface area contributed by atoms with Gasteiger partial charge in [-0.2, -0.15) is 0 Å². The normalized spacial score (nSPS) is 10.7. The van der Waals surface area contributed by atoms with Gasteiger partial charge in [-0.05, 0) is 31.1 Å². The number of hydrogen-bond donors (Lipinski definition) is 1. The van der Waals surface area contributed by atoms with Gasteiger partial charge in [0.1, 0.15) is 4.64 Å². The molecule has 0 aliphatic heterocycles. The molecule has 6 heteroatoms. The lowest BCUT2D eigenvalue weighted by Crippen LogP contribution is -2.03. The number of nitrogens with one attached hydrogen (secondary N) is 1. The molecule has 0 unspecified atom stereocenters. The molecule has 0 amide bonds. The third-order valence-corrected chi connectivity index (χ3v) is 4.57. The highest BCUT2D eigenvalue weighted by Crippen LogP contribution is 2.10. The molecule has 1 aromatic rings. The van der Waals surface area contributed by atoms with E-state index in [-0.39, 0.29) is 5.97 Å². The van der Waals surface area contributed by atoms with Crippen LogP contribution in [0.25, 0.3) is 0 Å². The minimum absolute atomic E-state index is 0.0886. The lowest BCUT2D eigenvalue weighted by Gasteiger charge is -2.06. The van der Waals surface area contributed by atoms with Crippen LogP contribution in [0.2, 0.25) is 0 Å². The quantitative estimate of drug-likeness (QED) is 0.273. The third kappa shape index (κ3) is 9.98. The molecule has 0 radical (unpaired) electrons. The van der Waals surface area contributed by atoms with Crippen LogP contribution >= 0.6 is 24.4 Å². The lowest BCUT2D eigenvalue weighted by atomic mass is 10.1. The van der Waals surface area contributed by atoms with Crippen molar-refractivity contribution < 1.29 is 9.53 Å². The highest BCUT2D eigenvalue weighted by molar-refractivity contribution is 7.72. The van der Waals surface area contributed by atoms with Crippen molar-refractivity contribution in [3.8, 4) is 0 Å². The van der Waals surface area contributed by atoms with Gasteiger partial charge in [0, 0.05) is 19.2 Å². The number of rotatable bonds is 13. The van der Waals surface area contributed by atoms with Gasteiger partial charge in [-0.3, -0.25) is 4.79 Å². The van der Waals surface area contributed by atoms with E-state index in [1.807, 2.05) is 19.2 Å². The van der Waals surface area contributed by atoms with Crippen LogP contribution in [-0.4, -0.2) is 22.1 Å². The number of H-pyrrole nitrogens is 1. The van der Waals surface area contributed by atoms with E-state index < -0.39 is 0 Å². The summed E-state index contributed by atoms with van der Waals surface area (Å²) in [5.74, 6) is -0.0886. The number of carbonyl (C=O) groups is 1. The van der Waals surface area contributed by atoms with Gasteiger partial charge in [0.2, 0.25) is 0 Å². The van der Waals surface area contributed by atoms with Crippen LogP contribution in [0.4, 0.5) is 0 Å². The van der Waals surface area contributed by atoms with Gasteiger partial charge in [0.15, 0.2) is 4.77 Å². The van der Waals surface area contributed by atoms with Crippen molar-refractivity contribution in [2.45, 2.75) is 77.7 Å². The highest BCUT2D eigenvalue weighted by Gasteiger charge is 1.98. The average molecular weight is 371 g/mol. The number of aryl methyl sites for hydroxylation is 1. The van der Waals surface area contributed by atoms with Gasteiger partial charge in [0.25, 0.3) is 0 Å². The Labute approximate surface area is 155 Å². The van der Waals surface area contributed by atoms with E-state index in [4.69, 9.17) is 29.2 Å². The van der Waals surface area contributed by atoms with Gasteiger partial charge >= 0.3 is 5.97 Å². The van der Waals surface area contributed by atoms with Crippen LogP contribution in [0.3, 0.4) is 0 Å². The van der Waals surface area contributed by atoms with Crippen LogP contribution in [0, 0.1) is 9.41 Å². The molecule has 0 saturated carbocycles. The van der Waals surface area contributed by atoms with Crippen LogP contribution in [0.1, 0.15) is 71.1 Å². The number of aromatic amines is 1. The summed E-state index contributed by atoms with van der Waals surface area (Å²) in [4.78, 5) is 14.0. The molecular formula is C18H30N2O2S2. The summed E-state index contributed by atoms with van der Waals surface area (Å²) in [6.45, 7) is 3.37. The van der Waals surface area contributed by atoms with Gasteiger partial charge in [-0.25, -0.2) is 0 Å². The predicted molar refractivity (Wildman–Crippen MR) is 103 cm³/mol. The Morgan fingerprint density at radius 1 is 1.04 bits per heavy atom. The summed E-state index contributed by atoms with van der Waals surface area (Å²) >= 11 is 10.3. The number of unbranched alkanes of at least 4 members (excludes halogenated alkanes) is 8. The smallest absolute Gasteiger partial charge is 0.305 e. The lowest BCUT2D eigenvalue weighted by molar-refractivity contribution is -0.143. The summed E-state index contributed by atoms with van der Waals surface area (Å²) in [5.41, 5.74) is 0. The Balaban J connectivity index is 1.89. The maximum atomic E-state index is 11.0. The number of carbonyl (C=O) groups excluding carboxylic acids is 1. The second-order valence-corrected chi connectivity index (χ2v) is 6.89. The first-order valence-electron chi connectivity index (χ1n) is 9.09. The van der Waals surface area contributed by atoms with Gasteiger partial charge < -0.3 is 14.3 Å². The fourth-order valence-electron chi connectivity index (χ4n) is 2.53. The fraction of sp³-hybridized carbons (Fsp3) is 0.722. The minimum atomic E-state index is -0.0886. The van der Waals surface area contributed by atoms with Crippen molar-refractivity contribution in [2.75, 3.05) is 6.61 Å². The van der Waals surface area contributed by atoms with E-state index in [2.05, 4.69) is 9.55 Å². The largest absolute Gasteiger partial charge is 0.466 e. The number of aromatic nitrogens is 2. The fourth-order valence-corrected chi connectivity index (χ4v) is 3.01. The zero-order valence-electron chi connectivity index (χ0n) is 14.7. The van der Waals surface area contributed by atoms with Crippen LogP contribution in [-0.2, 0) is 16.1 Å². The second-order valence-electron chi connectivity index (χ2n) is 6.06. The van der Waals surface area contributed by atoms with Crippen molar-refractivity contribution >= 4 is 30.4 Å². The average Bonchev–Trinajstić information content (AvgIpc) is 2.57. The van der Waals surface area contributed by atoms with Crippen LogP contribution in [0.5, 0.6) is 0 Å². The number of ether oxygens (including phenoxy) is 1. The molecule has 0 atom stereocenters. The van der Waals surface area contributed by atoms with Crippen LogP contribution in [0.15, 0.2) is 12.3 Å². The highest BCUT2D eigenvalue weighted by atomic mass is 32.1. The molecule has 0 aliphatic carbocycles. The first-order valence-corrected chi connectivity index (χ1v) is 9.90. The molecule has 0 bridgehead atoms. The van der Waals surface area contributed by atoms with Crippen molar-refractivity contribution in [3.63, 3.8) is 0 Å². The van der Waals surface area contributed by atoms with Crippen LogP contribution < -0.4 is 0 Å². The molecule has 1 rings (SSSR count). The molecule has 1 N–H and O–H groups in total. The van der Waals surface area contributed by atoms with Gasteiger partial charge in [0.05, 0.1) is 6.61 Å². The van der Waals surface area contributed by atoms with Crippen molar-refractivity contribution in [2.24, 2.45) is 0 Å². The SMILES string of the molecule is CCC(=O)OCCCCCCCCCCCn1ccc(=S)[nH]c1=S. The van der Waals surface area contributed by atoms with Crippen molar-refractivity contribution in [3.05, 3.63) is 21.7 Å². The van der Waals surface area contributed by atoms with E-state index >= 15 is 0 Å². The van der Waals surface area contributed by atoms with Gasteiger partial charge in [-0.1, -0.05) is 64.1 Å². The Morgan fingerprint density at radius 3 is 2.21 bits per heavy atom. The predicted octanol–water partition coefficient (Wildman–Crippen LogP) is 5.74. The first-order chi connectivity index (χ1) is 11.6. The molecular weight excluding hydrogens is 340 g/mol. The van der Waals surface area contributed by atoms with Crippen molar-refractivity contribution in [1.82, 2.24) is 9.55 Å². The molecule has 136 valence electrons. The van der Waals surface area contributed by atoms with E-state index in [1.165, 1.54) is 38.5 Å². The maximum absolute atomic E-state index is 11.0. The van der Waals surface area contributed by atoms with Crippen molar-refractivity contribution in [1.29, 1.82) is 0 Å². The maximum Gasteiger partial charge on any atom is 0.305 e. The van der Waals surface area contributed by atoms with E-state index in [1.54, 1.807) is 0 Å². The van der Waals surface area contributed by atoms with E-state index in [9.17, 15) is 4.79 Å². The summed E-state index contributed by atoms with van der Waals surface area (Å²) < 4.78 is 8.52. The molecule has 0 saturated heterocycles. The molecule has 0 spiro atoms. The number of nitrogens with zero attached hydrogens (tertiary/aromatic N) is 1. The zero-order valence-corrected chi connectivity index (χ0v) is 16.4. The Hall–Kier alpha value is -1.01. The molecule has 0 fully saturated rings. The minimum Gasteiger partial charge on any atom is -0.466 e. The molecule has 1 heterocycles. The van der Waals surface area contributed by atoms with E-state index in [0.29, 0.717) is 22.4 Å². The number of esters is 1. The molecule has 0 aliphatic rings. The Kier molecular flexibility index (Phi) is 11.7. The molecule has 0 aromatic carbocycles. The zero-order chi connectivity index (χ0) is 17.6. The summed E-state index contributed by atoms with van der Waals surface area (Å²) in [6, 6.07) is 1.88. The number of hydrogen-bond acceptors (Lipinski definition) is 4. The summed E-state index contributed by atoms with van der Waals surface area (Å²) in [6.07, 6.45) is 13.4. The summed E-state index contributed by atoms with van der Waals surface area (Å²) in [5, 5.41) is 0. The monoisotopic (exact) mass is 370 g/mol. The third-order valence-electron chi connectivity index (χ3n) is 3.99. The molecule has 24 heavy (non-hydrogen) atoms. The molecule has 1 aromatic heterocycles. The second kappa shape index (κ2) is 13.3. The standard InChI is InChI=1S/C18H30N2O2S2/c1-2-17(21)22-15-11-9-7-5-3-4-6-8-10-13-20-14-12-16(23)19-18(20)24/h12,14H,2-11,13,15H2,1H3,(H,19,23,24). The van der Waals surface area contributed by atoms with E-state index in [0.717, 1.165) is 25.8 Å². The first kappa shape index (κ1) is 21.0. The summed E-state index contributed by atoms with van der Waals surface area (Å²) in [7, 11) is 0. The Morgan fingerprint density at radius 2 is 1.62 bits per heavy atom. The topological polar surface area (TPSA) is 47.0 Å². The van der Waals surface area contributed by atoms with Gasteiger partial charge in [-0.15, -0.1) is 0 Å². The Bertz CT molecular complexity index is 581. The molecule has 4 nitrogen and oxygen atoms in total.